The summed E-state index contributed by atoms with van der Waals surface area (Å²) in [6, 6.07) is 12.4. The summed E-state index contributed by atoms with van der Waals surface area (Å²) in [6.45, 7) is 2.01. The largest absolute Gasteiger partial charge is 0.337 e. The highest BCUT2D eigenvalue weighted by molar-refractivity contribution is 5.92. The highest BCUT2D eigenvalue weighted by Gasteiger charge is 2.50. The molecule has 4 bridgehead atoms. The molecule has 0 N–H and O–H groups in total. The van der Waals surface area contributed by atoms with E-state index in [0.717, 1.165) is 23.2 Å². The fraction of sp³-hybridized carbons (Fsp3) is 0.545. The van der Waals surface area contributed by atoms with Crippen molar-refractivity contribution in [3.63, 3.8) is 0 Å². The van der Waals surface area contributed by atoms with Crippen LogP contribution < -0.4 is 0 Å². The predicted molar refractivity (Wildman–Crippen MR) is 101 cm³/mol. The molecular formula is C22H27N3O. The summed E-state index contributed by atoms with van der Waals surface area (Å²) in [6.07, 6.45) is 6.75. The maximum Gasteiger partial charge on any atom is 0.274 e. The summed E-state index contributed by atoms with van der Waals surface area (Å²) in [5, 5.41) is 4.64. The molecule has 136 valence electrons. The van der Waals surface area contributed by atoms with Crippen LogP contribution >= 0.6 is 0 Å². The number of benzene rings is 1. The predicted octanol–water partition coefficient (Wildman–Crippen LogP) is 4.08. The second-order valence-corrected chi connectivity index (χ2v) is 8.76. The molecule has 1 aromatic carbocycles. The Morgan fingerprint density at radius 1 is 1.04 bits per heavy atom. The molecule has 1 heterocycles. The van der Waals surface area contributed by atoms with Crippen molar-refractivity contribution in [3.05, 3.63) is 47.8 Å². The van der Waals surface area contributed by atoms with Crippen molar-refractivity contribution in [3.8, 4) is 5.69 Å². The molecule has 26 heavy (non-hydrogen) atoms. The van der Waals surface area contributed by atoms with Gasteiger partial charge in [-0.25, -0.2) is 4.68 Å². The maximum absolute atomic E-state index is 13.2. The number of nitrogens with zero attached hydrogens (tertiary/aromatic N) is 3. The van der Waals surface area contributed by atoms with E-state index in [1.165, 1.54) is 32.1 Å². The van der Waals surface area contributed by atoms with Crippen molar-refractivity contribution in [2.45, 2.75) is 45.1 Å². The van der Waals surface area contributed by atoms with Crippen molar-refractivity contribution >= 4 is 5.91 Å². The van der Waals surface area contributed by atoms with Crippen molar-refractivity contribution < 1.29 is 4.79 Å². The van der Waals surface area contributed by atoms with Gasteiger partial charge in [0.25, 0.3) is 5.91 Å². The fourth-order valence-corrected chi connectivity index (χ4v) is 6.25. The fourth-order valence-electron chi connectivity index (χ4n) is 6.25. The molecule has 1 amide bonds. The van der Waals surface area contributed by atoms with E-state index in [-0.39, 0.29) is 5.91 Å². The zero-order valence-corrected chi connectivity index (χ0v) is 15.6. The average Bonchev–Trinajstić information content (AvgIpc) is 3.02. The van der Waals surface area contributed by atoms with E-state index in [4.69, 9.17) is 0 Å². The van der Waals surface area contributed by atoms with Crippen LogP contribution in [-0.4, -0.2) is 33.7 Å². The minimum absolute atomic E-state index is 0.0836. The van der Waals surface area contributed by atoms with E-state index in [1.807, 2.05) is 60.0 Å². The third kappa shape index (κ3) is 2.50. The number of hydrogen-bond acceptors (Lipinski definition) is 2. The molecule has 4 fully saturated rings. The van der Waals surface area contributed by atoms with Crippen LogP contribution in [0.1, 0.15) is 48.3 Å². The Labute approximate surface area is 155 Å². The first kappa shape index (κ1) is 16.1. The van der Waals surface area contributed by atoms with Crippen LogP contribution in [0.3, 0.4) is 0 Å². The van der Waals surface area contributed by atoms with Crippen LogP contribution in [0.5, 0.6) is 0 Å². The van der Waals surface area contributed by atoms with E-state index >= 15 is 0 Å². The normalized spacial score (nSPS) is 32.0. The van der Waals surface area contributed by atoms with Crippen molar-refractivity contribution in [1.82, 2.24) is 14.7 Å². The Hall–Kier alpha value is -2.10. The molecule has 4 nitrogen and oxygen atoms in total. The lowest BCUT2D eigenvalue weighted by molar-refractivity contribution is -0.0492. The molecule has 0 aliphatic heterocycles. The minimum Gasteiger partial charge on any atom is -0.337 e. The van der Waals surface area contributed by atoms with Crippen LogP contribution in [0.2, 0.25) is 0 Å². The van der Waals surface area contributed by atoms with Crippen LogP contribution in [0.15, 0.2) is 36.4 Å². The monoisotopic (exact) mass is 349 g/mol. The minimum atomic E-state index is 0.0836. The molecule has 0 saturated heterocycles. The molecule has 0 radical (unpaired) electrons. The summed E-state index contributed by atoms with van der Waals surface area (Å²) in [7, 11) is 2.01. The third-order valence-electron chi connectivity index (χ3n) is 7.05. The number of para-hydroxylation sites is 1. The highest BCUT2D eigenvalue weighted by Crippen LogP contribution is 2.55. The van der Waals surface area contributed by atoms with Gasteiger partial charge in [-0.2, -0.15) is 5.10 Å². The van der Waals surface area contributed by atoms with E-state index in [1.54, 1.807) is 0 Å². The molecule has 4 saturated carbocycles. The SMILES string of the molecule is Cc1cc(C(=O)N(C)C2C3CC4CC(C3)CC2C4)nn1-c1ccccc1. The summed E-state index contributed by atoms with van der Waals surface area (Å²) in [5.41, 5.74) is 2.57. The van der Waals surface area contributed by atoms with Gasteiger partial charge in [-0.3, -0.25) is 4.79 Å². The highest BCUT2D eigenvalue weighted by atomic mass is 16.2. The quantitative estimate of drug-likeness (QED) is 0.837. The van der Waals surface area contributed by atoms with Gasteiger partial charge in [0.05, 0.1) is 5.69 Å². The van der Waals surface area contributed by atoms with E-state index < -0.39 is 0 Å². The number of hydrogen-bond donors (Lipinski definition) is 0. The number of rotatable bonds is 3. The summed E-state index contributed by atoms with van der Waals surface area (Å²) >= 11 is 0. The second kappa shape index (κ2) is 5.97. The summed E-state index contributed by atoms with van der Waals surface area (Å²) in [5.74, 6) is 3.35. The first-order valence-electron chi connectivity index (χ1n) is 9.99. The standard InChI is InChI=1S/C22H27N3O/c1-14-8-20(23-25(14)19-6-4-3-5-7-19)22(26)24(2)21-17-10-15-9-16(12-17)13-18(21)11-15/h3-8,15-18,21H,9-13H2,1-2H3. The Balaban J connectivity index is 1.40. The van der Waals surface area contributed by atoms with E-state index in [0.29, 0.717) is 23.6 Å². The van der Waals surface area contributed by atoms with Crippen molar-refractivity contribution in [1.29, 1.82) is 0 Å². The van der Waals surface area contributed by atoms with Crippen LogP contribution in [0.25, 0.3) is 5.69 Å². The molecule has 0 unspecified atom stereocenters. The zero-order valence-electron chi connectivity index (χ0n) is 15.6. The Kier molecular flexibility index (Phi) is 3.70. The lowest BCUT2D eigenvalue weighted by Crippen LogP contribution is -2.56. The summed E-state index contributed by atoms with van der Waals surface area (Å²) in [4.78, 5) is 15.2. The van der Waals surface area contributed by atoms with Crippen molar-refractivity contribution in [2.75, 3.05) is 7.05 Å². The van der Waals surface area contributed by atoms with E-state index in [9.17, 15) is 4.79 Å². The summed E-state index contributed by atoms with van der Waals surface area (Å²) < 4.78 is 1.87. The maximum atomic E-state index is 13.2. The van der Waals surface area contributed by atoms with Gasteiger partial charge in [-0.05, 0) is 80.9 Å². The topological polar surface area (TPSA) is 38.1 Å². The van der Waals surface area contributed by atoms with Gasteiger partial charge in [-0.1, -0.05) is 18.2 Å². The van der Waals surface area contributed by atoms with Gasteiger partial charge >= 0.3 is 0 Å². The average molecular weight is 349 g/mol. The van der Waals surface area contributed by atoms with Gasteiger partial charge in [-0.15, -0.1) is 0 Å². The van der Waals surface area contributed by atoms with Crippen LogP contribution in [0, 0.1) is 30.6 Å². The molecular weight excluding hydrogens is 322 g/mol. The first-order chi connectivity index (χ1) is 12.6. The molecule has 0 atom stereocenters. The number of amides is 1. The van der Waals surface area contributed by atoms with Gasteiger partial charge in [0.1, 0.15) is 0 Å². The van der Waals surface area contributed by atoms with Gasteiger partial charge < -0.3 is 4.90 Å². The lowest BCUT2D eigenvalue weighted by Gasteiger charge is -2.56. The number of aromatic nitrogens is 2. The number of aryl methyl sites for hydroxylation is 1. The van der Waals surface area contributed by atoms with Gasteiger partial charge in [0.15, 0.2) is 5.69 Å². The third-order valence-corrected chi connectivity index (χ3v) is 7.05. The number of carbonyl (C=O) groups excluding carboxylic acids is 1. The second-order valence-electron chi connectivity index (χ2n) is 8.76. The molecule has 4 heteroatoms. The van der Waals surface area contributed by atoms with Crippen molar-refractivity contribution in [2.24, 2.45) is 23.7 Å². The molecule has 6 rings (SSSR count). The molecule has 4 aliphatic carbocycles. The molecule has 0 spiro atoms. The molecule has 2 aromatic rings. The van der Waals surface area contributed by atoms with Crippen LogP contribution in [0.4, 0.5) is 0 Å². The number of carbonyl (C=O) groups is 1. The Morgan fingerprint density at radius 2 is 1.65 bits per heavy atom. The van der Waals surface area contributed by atoms with E-state index in [2.05, 4.69) is 5.10 Å². The van der Waals surface area contributed by atoms with Gasteiger partial charge in [0.2, 0.25) is 0 Å². The molecule has 4 aliphatic rings. The smallest absolute Gasteiger partial charge is 0.274 e. The van der Waals surface area contributed by atoms with Gasteiger partial charge in [0, 0.05) is 18.8 Å². The Morgan fingerprint density at radius 3 is 2.27 bits per heavy atom. The lowest BCUT2D eigenvalue weighted by atomic mass is 9.54. The van der Waals surface area contributed by atoms with Crippen LogP contribution in [-0.2, 0) is 0 Å². The zero-order chi connectivity index (χ0) is 17.8. The first-order valence-corrected chi connectivity index (χ1v) is 9.99. The Bertz CT molecular complexity index is 797. The molecule has 1 aromatic heterocycles.